The summed E-state index contributed by atoms with van der Waals surface area (Å²) in [5.74, 6) is -0.491. The SMILES string of the molecule is CCN(CC)C(=O)/C(=C\c1cn(C)c2ccccc12)NC(=O)c1ccccc1. The van der Waals surface area contributed by atoms with Crippen LogP contribution in [0.3, 0.4) is 0 Å². The summed E-state index contributed by atoms with van der Waals surface area (Å²) in [5, 5.41) is 3.86. The minimum absolute atomic E-state index is 0.192. The summed E-state index contributed by atoms with van der Waals surface area (Å²) in [4.78, 5) is 27.4. The first-order valence-corrected chi connectivity index (χ1v) is 9.46. The zero-order chi connectivity index (χ0) is 20.1. The molecule has 3 aromatic rings. The van der Waals surface area contributed by atoms with Gasteiger partial charge in [0, 0.05) is 48.4 Å². The Hall–Kier alpha value is -3.34. The van der Waals surface area contributed by atoms with Crippen molar-refractivity contribution in [3.8, 4) is 0 Å². The van der Waals surface area contributed by atoms with E-state index in [0.717, 1.165) is 16.5 Å². The topological polar surface area (TPSA) is 54.3 Å². The standard InChI is InChI=1S/C23H25N3O2/c1-4-26(5-2)23(28)20(24-22(27)17-11-7-6-8-12-17)15-18-16-25(3)21-14-10-9-13-19(18)21/h6-16H,4-5H2,1-3H3,(H,24,27)/b20-15+. The monoisotopic (exact) mass is 375 g/mol. The number of nitrogens with zero attached hydrogens (tertiary/aromatic N) is 2. The fraction of sp³-hybridized carbons (Fsp3) is 0.217. The molecule has 0 aliphatic carbocycles. The van der Waals surface area contributed by atoms with Gasteiger partial charge in [-0.3, -0.25) is 9.59 Å². The highest BCUT2D eigenvalue weighted by molar-refractivity contribution is 6.06. The van der Waals surface area contributed by atoms with Crippen molar-refractivity contribution in [2.45, 2.75) is 13.8 Å². The van der Waals surface area contributed by atoms with Crippen LogP contribution in [0.15, 0.2) is 66.5 Å². The summed E-state index contributed by atoms with van der Waals surface area (Å²) in [5.41, 5.74) is 2.74. The Morgan fingerprint density at radius 2 is 1.64 bits per heavy atom. The molecule has 28 heavy (non-hydrogen) atoms. The number of carbonyl (C=O) groups is 2. The number of carbonyl (C=O) groups excluding carboxylic acids is 2. The van der Waals surface area contributed by atoms with Crippen LogP contribution in [-0.4, -0.2) is 34.4 Å². The molecule has 0 aliphatic heterocycles. The molecule has 3 rings (SSSR count). The predicted octanol–water partition coefficient (Wildman–Crippen LogP) is 3.82. The summed E-state index contributed by atoms with van der Waals surface area (Å²) in [6.07, 6.45) is 3.73. The molecule has 0 atom stereocenters. The van der Waals surface area contributed by atoms with Gasteiger partial charge in [-0.15, -0.1) is 0 Å². The second-order valence-corrected chi connectivity index (χ2v) is 6.57. The van der Waals surface area contributed by atoms with E-state index in [4.69, 9.17) is 0 Å². The van der Waals surface area contributed by atoms with Gasteiger partial charge in [0.1, 0.15) is 5.70 Å². The number of hydrogen-bond donors (Lipinski definition) is 1. The number of aromatic nitrogens is 1. The number of nitrogens with one attached hydrogen (secondary N) is 1. The molecule has 0 unspecified atom stereocenters. The normalized spacial score (nSPS) is 11.5. The molecular weight excluding hydrogens is 350 g/mol. The van der Waals surface area contributed by atoms with Gasteiger partial charge in [0.25, 0.3) is 11.8 Å². The van der Waals surface area contributed by atoms with Gasteiger partial charge in [0.2, 0.25) is 0 Å². The van der Waals surface area contributed by atoms with Crippen LogP contribution in [0, 0.1) is 0 Å². The van der Waals surface area contributed by atoms with Crippen molar-refractivity contribution in [3.05, 3.63) is 77.6 Å². The molecule has 1 aromatic heterocycles. The number of rotatable bonds is 6. The molecule has 0 saturated carbocycles. The van der Waals surface area contributed by atoms with E-state index in [1.807, 2.05) is 62.0 Å². The number of fused-ring (bicyclic) bond motifs is 1. The van der Waals surface area contributed by atoms with Gasteiger partial charge in [0.05, 0.1) is 0 Å². The number of hydrogen-bond acceptors (Lipinski definition) is 2. The van der Waals surface area contributed by atoms with Crippen LogP contribution in [0.25, 0.3) is 17.0 Å². The Bertz CT molecular complexity index is 1010. The number of aryl methyl sites for hydroxylation is 1. The fourth-order valence-electron chi connectivity index (χ4n) is 3.26. The molecule has 2 amide bonds. The van der Waals surface area contributed by atoms with E-state index in [-0.39, 0.29) is 17.5 Å². The van der Waals surface area contributed by atoms with Crippen LogP contribution in [0.5, 0.6) is 0 Å². The first-order valence-electron chi connectivity index (χ1n) is 9.46. The van der Waals surface area contributed by atoms with Crippen molar-refractivity contribution in [3.63, 3.8) is 0 Å². The summed E-state index contributed by atoms with van der Waals surface area (Å²) in [6.45, 7) is 5.00. The van der Waals surface area contributed by atoms with Crippen LogP contribution in [0.2, 0.25) is 0 Å². The number of likely N-dealkylation sites (N-methyl/N-ethyl adjacent to an activating group) is 1. The quantitative estimate of drug-likeness (QED) is 0.666. The first-order chi connectivity index (χ1) is 13.5. The maximum absolute atomic E-state index is 13.1. The molecule has 0 fully saturated rings. The minimum atomic E-state index is -0.299. The summed E-state index contributed by atoms with van der Waals surface area (Å²) >= 11 is 0. The summed E-state index contributed by atoms with van der Waals surface area (Å²) in [7, 11) is 1.97. The van der Waals surface area contributed by atoms with E-state index < -0.39 is 0 Å². The van der Waals surface area contributed by atoms with Crippen molar-refractivity contribution in [2.75, 3.05) is 13.1 Å². The maximum atomic E-state index is 13.1. The van der Waals surface area contributed by atoms with E-state index >= 15 is 0 Å². The van der Waals surface area contributed by atoms with E-state index in [0.29, 0.717) is 18.7 Å². The van der Waals surface area contributed by atoms with Crippen LogP contribution in [0.1, 0.15) is 29.8 Å². The predicted molar refractivity (Wildman–Crippen MR) is 113 cm³/mol. The zero-order valence-electron chi connectivity index (χ0n) is 16.5. The van der Waals surface area contributed by atoms with Crippen molar-refractivity contribution in [2.24, 2.45) is 7.05 Å². The van der Waals surface area contributed by atoms with Gasteiger partial charge in [-0.1, -0.05) is 36.4 Å². The van der Waals surface area contributed by atoms with Gasteiger partial charge in [-0.25, -0.2) is 0 Å². The molecule has 5 nitrogen and oxygen atoms in total. The first kappa shape index (κ1) is 19.4. The molecule has 1 N–H and O–H groups in total. The summed E-state index contributed by atoms with van der Waals surface area (Å²) in [6, 6.07) is 16.9. The van der Waals surface area contributed by atoms with E-state index in [2.05, 4.69) is 5.32 Å². The highest BCUT2D eigenvalue weighted by atomic mass is 16.2. The fourth-order valence-corrected chi connectivity index (χ4v) is 3.26. The van der Waals surface area contributed by atoms with Crippen molar-refractivity contribution in [1.82, 2.24) is 14.8 Å². The number of benzene rings is 2. The van der Waals surface area contributed by atoms with Crippen LogP contribution in [0.4, 0.5) is 0 Å². The zero-order valence-corrected chi connectivity index (χ0v) is 16.5. The smallest absolute Gasteiger partial charge is 0.270 e. The number of para-hydroxylation sites is 1. The molecule has 0 bridgehead atoms. The highest BCUT2D eigenvalue weighted by Crippen LogP contribution is 2.22. The lowest BCUT2D eigenvalue weighted by Gasteiger charge is -2.21. The van der Waals surface area contributed by atoms with Crippen molar-refractivity contribution < 1.29 is 9.59 Å². The van der Waals surface area contributed by atoms with Gasteiger partial charge >= 0.3 is 0 Å². The molecule has 0 spiro atoms. The van der Waals surface area contributed by atoms with E-state index in [1.54, 1.807) is 35.2 Å². The Kier molecular flexibility index (Phi) is 5.94. The summed E-state index contributed by atoms with van der Waals surface area (Å²) < 4.78 is 2.01. The molecule has 144 valence electrons. The van der Waals surface area contributed by atoms with Crippen molar-refractivity contribution >= 4 is 28.8 Å². The molecule has 0 aliphatic rings. The third-order valence-corrected chi connectivity index (χ3v) is 4.79. The number of amides is 2. The van der Waals surface area contributed by atoms with E-state index in [1.165, 1.54) is 0 Å². The highest BCUT2D eigenvalue weighted by Gasteiger charge is 2.19. The maximum Gasteiger partial charge on any atom is 0.270 e. The second kappa shape index (κ2) is 8.57. The van der Waals surface area contributed by atoms with Crippen LogP contribution in [-0.2, 0) is 11.8 Å². The van der Waals surface area contributed by atoms with Gasteiger partial charge in [-0.2, -0.15) is 0 Å². The lowest BCUT2D eigenvalue weighted by molar-refractivity contribution is -0.127. The lowest BCUT2D eigenvalue weighted by Crippen LogP contribution is -2.38. The average molecular weight is 375 g/mol. The third-order valence-electron chi connectivity index (χ3n) is 4.79. The van der Waals surface area contributed by atoms with Gasteiger partial charge in [-0.05, 0) is 38.1 Å². The van der Waals surface area contributed by atoms with Crippen molar-refractivity contribution in [1.29, 1.82) is 0 Å². The Morgan fingerprint density at radius 3 is 2.32 bits per heavy atom. The molecule has 2 aromatic carbocycles. The molecule has 1 heterocycles. The Labute approximate surface area is 165 Å². The van der Waals surface area contributed by atoms with Gasteiger partial charge in [0.15, 0.2) is 0 Å². The Morgan fingerprint density at radius 1 is 1.00 bits per heavy atom. The molecule has 0 radical (unpaired) electrons. The van der Waals surface area contributed by atoms with E-state index in [9.17, 15) is 9.59 Å². The Balaban J connectivity index is 2.03. The molecule has 5 heteroatoms. The minimum Gasteiger partial charge on any atom is -0.350 e. The third kappa shape index (κ3) is 3.98. The molecule has 0 saturated heterocycles. The van der Waals surface area contributed by atoms with Crippen LogP contribution >= 0.6 is 0 Å². The van der Waals surface area contributed by atoms with Gasteiger partial charge < -0.3 is 14.8 Å². The largest absolute Gasteiger partial charge is 0.350 e. The van der Waals surface area contributed by atoms with Crippen LogP contribution < -0.4 is 5.32 Å². The lowest BCUT2D eigenvalue weighted by atomic mass is 10.1. The second-order valence-electron chi connectivity index (χ2n) is 6.57. The average Bonchev–Trinajstić information content (AvgIpc) is 3.04. The molecular formula is C23H25N3O2.